The Morgan fingerprint density at radius 2 is 1.94 bits per heavy atom. The smallest absolute Gasteiger partial charge is 0.317 e. The third-order valence-electron chi connectivity index (χ3n) is 1.99. The van der Waals surface area contributed by atoms with Crippen LogP contribution in [0.5, 0.6) is 11.5 Å². The predicted octanol–water partition coefficient (Wildman–Crippen LogP) is 1.94. The van der Waals surface area contributed by atoms with Crippen LogP contribution in [0.25, 0.3) is 0 Å². The van der Waals surface area contributed by atoms with Gasteiger partial charge in [-0.3, -0.25) is 4.79 Å². The molecule has 17 heavy (non-hydrogen) atoms. The van der Waals surface area contributed by atoms with Gasteiger partial charge >= 0.3 is 5.97 Å². The van der Waals surface area contributed by atoms with Crippen molar-refractivity contribution in [1.29, 1.82) is 0 Å². The van der Waals surface area contributed by atoms with Gasteiger partial charge in [0.1, 0.15) is 5.75 Å². The predicted molar refractivity (Wildman–Crippen MR) is 67.6 cm³/mol. The highest BCUT2D eigenvalue weighted by molar-refractivity contribution is 8.01. The van der Waals surface area contributed by atoms with Crippen molar-refractivity contribution in [1.82, 2.24) is 0 Å². The Bertz CT molecular complexity index is 384. The minimum atomic E-state index is -0.275. The van der Waals surface area contributed by atoms with Crippen LogP contribution in [-0.4, -0.2) is 33.1 Å². The number of esters is 1. The fraction of sp³-hybridized carbons (Fsp3) is 0.364. The minimum Gasteiger partial charge on any atom is -0.493 e. The second-order valence-electron chi connectivity index (χ2n) is 3.04. The van der Waals surface area contributed by atoms with Crippen LogP contribution in [0.4, 0.5) is 5.69 Å². The summed E-state index contributed by atoms with van der Waals surface area (Å²) in [6.45, 7) is 0. The summed E-state index contributed by atoms with van der Waals surface area (Å²) in [7, 11) is 4.51. The largest absolute Gasteiger partial charge is 0.493 e. The van der Waals surface area contributed by atoms with Crippen molar-refractivity contribution >= 4 is 23.6 Å². The molecule has 0 aliphatic rings. The molecule has 0 fully saturated rings. The highest BCUT2D eigenvalue weighted by Gasteiger charge is 2.05. The van der Waals surface area contributed by atoms with Gasteiger partial charge in [-0.05, 0) is 24.1 Å². The number of hydrogen-bond acceptors (Lipinski definition) is 6. The number of benzene rings is 1. The summed E-state index contributed by atoms with van der Waals surface area (Å²) in [5.74, 6) is 1.26. The third-order valence-corrected chi connectivity index (χ3v) is 2.75. The van der Waals surface area contributed by atoms with E-state index in [2.05, 4.69) is 9.46 Å². The van der Waals surface area contributed by atoms with Gasteiger partial charge in [-0.15, -0.1) is 0 Å². The molecule has 1 aromatic carbocycles. The first-order valence-corrected chi connectivity index (χ1v) is 5.86. The number of rotatable bonds is 6. The van der Waals surface area contributed by atoms with E-state index in [0.29, 0.717) is 11.5 Å². The van der Waals surface area contributed by atoms with E-state index in [-0.39, 0.29) is 11.7 Å². The van der Waals surface area contributed by atoms with Gasteiger partial charge in [0.2, 0.25) is 0 Å². The standard InChI is InChI=1S/C11H15NO4S/c1-14-9-5-4-8(6-10(9)15-2)12-17-7-11(13)16-3/h4-6,12H,7H2,1-3H3. The molecule has 0 unspecified atom stereocenters. The van der Waals surface area contributed by atoms with Crippen molar-refractivity contribution in [3.8, 4) is 11.5 Å². The molecule has 0 saturated heterocycles. The lowest BCUT2D eigenvalue weighted by atomic mass is 10.3. The first-order chi connectivity index (χ1) is 8.21. The summed E-state index contributed by atoms with van der Waals surface area (Å²) >= 11 is 1.25. The van der Waals surface area contributed by atoms with Crippen molar-refractivity contribution in [2.45, 2.75) is 0 Å². The molecule has 0 aliphatic carbocycles. The lowest BCUT2D eigenvalue weighted by molar-refractivity contribution is -0.137. The zero-order valence-electron chi connectivity index (χ0n) is 9.98. The van der Waals surface area contributed by atoms with Gasteiger partial charge in [0.05, 0.1) is 21.3 Å². The molecule has 1 rings (SSSR count). The maximum absolute atomic E-state index is 10.9. The molecular formula is C11H15NO4S. The van der Waals surface area contributed by atoms with Gasteiger partial charge in [-0.1, -0.05) is 0 Å². The topological polar surface area (TPSA) is 56.8 Å². The maximum Gasteiger partial charge on any atom is 0.317 e. The molecule has 0 heterocycles. The number of hydrogen-bond donors (Lipinski definition) is 1. The highest BCUT2D eigenvalue weighted by atomic mass is 32.2. The van der Waals surface area contributed by atoms with E-state index in [1.165, 1.54) is 19.1 Å². The quantitative estimate of drug-likeness (QED) is 0.621. The summed E-state index contributed by atoms with van der Waals surface area (Å²) in [5, 5.41) is 0. The number of ether oxygens (including phenoxy) is 3. The Balaban J connectivity index is 2.57. The van der Waals surface area contributed by atoms with Crippen molar-refractivity contribution in [2.24, 2.45) is 0 Å². The van der Waals surface area contributed by atoms with Crippen LogP contribution in [0, 0.1) is 0 Å². The molecule has 6 heteroatoms. The Kier molecular flexibility index (Phi) is 5.48. The summed E-state index contributed by atoms with van der Waals surface area (Å²) < 4.78 is 17.8. The van der Waals surface area contributed by atoms with Crippen LogP contribution in [-0.2, 0) is 9.53 Å². The molecule has 0 saturated carbocycles. The summed E-state index contributed by atoms with van der Waals surface area (Å²) in [6, 6.07) is 5.43. The van der Waals surface area contributed by atoms with Gasteiger partial charge in [0, 0.05) is 11.8 Å². The second-order valence-corrected chi connectivity index (χ2v) is 3.82. The van der Waals surface area contributed by atoms with Crippen LogP contribution in [0.1, 0.15) is 0 Å². The van der Waals surface area contributed by atoms with E-state index in [9.17, 15) is 4.79 Å². The minimum absolute atomic E-state index is 0.241. The van der Waals surface area contributed by atoms with E-state index >= 15 is 0 Å². The van der Waals surface area contributed by atoms with E-state index in [1.807, 2.05) is 6.07 Å². The number of nitrogens with one attached hydrogen (secondary N) is 1. The SMILES string of the molecule is COC(=O)CSNc1ccc(OC)c(OC)c1. The molecule has 1 N–H and O–H groups in total. The van der Waals surface area contributed by atoms with Crippen molar-refractivity contribution < 1.29 is 19.0 Å². The fourth-order valence-electron chi connectivity index (χ4n) is 1.14. The molecular weight excluding hydrogens is 242 g/mol. The summed E-state index contributed by atoms with van der Waals surface area (Å²) in [5.41, 5.74) is 0.830. The highest BCUT2D eigenvalue weighted by Crippen LogP contribution is 2.30. The maximum atomic E-state index is 10.9. The van der Waals surface area contributed by atoms with Crippen molar-refractivity contribution in [3.05, 3.63) is 18.2 Å². The molecule has 0 bridgehead atoms. The zero-order valence-corrected chi connectivity index (χ0v) is 10.8. The molecule has 5 nitrogen and oxygen atoms in total. The van der Waals surface area contributed by atoms with Gasteiger partial charge in [-0.25, -0.2) is 0 Å². The molecule has 0 amide bonds. The number of carbonyl (C=O) groups excluding carboxylic acids is 1. The Hall–Kier alpha value is -1.56. The average molecular weight is 257 g/mol. The van der Waals surface area contributed by atoms with E-state index in [4.69, 9.17) is 9.47 Å². The van der Waals surface area contributed by atoms with Gasteiger partial charge in [0.15, 0.2) is 11.5 Å². The van der Waals surface area contributed by atoms with Gasteiger partial charge < -0.3 is 18.9 Å². The molecule has 0 aliphatic heterocycles. The molecule has 1 aromatic rings. The van der Waals surface area contributed by atoms with Gasteiger partial charge in [-0.2, -0.15) is 0 Å². The van der Waals surface area contributed by atoms with Crippen LogP contribution in [0.2, 0.25) is 0 Å². The molecule has 0 aromatic heterocycles. The lowest BCUT2D eigenvalue weighted by Crippen LogP contribution is -2.05. The summed E-state index contributed by atoms with van der Waals surface area (Å²) in [6.07, 6.45) is 0. The summed E-state index contributed by atoms with van der Waals surface area (Å²) in [4.78, 5) is 10.9. The Morgan fingerprint density at radius 1 is 1.24 bits per heavy atom. The monoisotopic (exact) mass is 257 g/mol. The van der Waals surface area contributed by atoms with Crippen LogP contribution in [0.15, 0.2) is 18.2 Å². The van der Waals surface area contributed by atoms with Crippen LogP contribution >= 0.6 is 11.9 Å². The Morgan fingerprint density at radius 3 is 2.53 bits per heavy atom. The molecule has 0 radical (unpaired) electrons. The first-order valence-electron chi connectivity index (χ1n) is 4.88. The normalized spacial score (nSPS) is 9.59. The molecule has 0 spiro atoms. The average Bonchev–Trinajstić information content (AvgIpc) is 2.38. The van der Waals surface area contributed by atoms with E-state index < -0.39 is 0 Å². The van der Waals surface area contributed by atoms with Crippen molar-refractivity contribution in [3.63, 3.8) is 0 Å². The zero-order chi connectivity index (χ0) is 12.7. The number of carbonyl (C=O) groups is 1. The van der Waals surface area contributed by atoms with Crippen LogP contribution in [0.3, 0.4) is 0 Å². The van der Waals surface area contributed by atoms with Crippen molar-refractivity contribution in [2.75, 3.05) is 31.8 Å². The second kappa shape index (κ2) is 6.90. The fourth-order valence-corrected chi connectivity index (χ4v) is 1.74. The third kappa shape index (κ3) is 4.07. The van der Waals surface area contributed by atoms with Crippen LogP contribution < -0.4 is 14.2 Å². The molecule has 94 valence electrons. The number of methoxy groups -OCH3 is 3. The first kappa shape index (κ1) is 13.5. The Labute approximate surface area is 105 Å². The lowest BCUT2D eigenvalue weighted by Gasteiger charge is -2.10. The van der Waals surface area contributed by atoms with E-state index in [0.717, 1.165) is 5.69 Å². The number of anilines is 1. The van der Waals surface area contributed by atoms with E-state index in [1.54, 1.807) is 26.4 Å². The molecule has 0 atom stereocenters. The van der Waals surface area contributed by atoms with Gasteiger partial charge in [0.25, 0.3) is 0 Å².